The Morgan fingerprint density at radius 2 is 1.95 bits per heavy atom. The summed E-state index contributed by atoms with van der Waals surface area (Å²) in [6.07, 6.45) is 4.29. The van der Waals surface area contributed by atoms with Crippen molar-refractivity contribution in [2.45, 2.75) is 44.2 Å². The topological polar surface area (TPSA) is 101 Å². The van der Waals surface area contributed by atoms with E-state index in [0.29, 0.717) is 36.5 Å². The minimum absolute atomic E-state index is 0.0215. The van der Waals surface area contributed by atoms with Gasteiger partial charge in [0.15, 0.2) is 10.9 Å². The number of nitrogens with zero attached hydrogens (tertiary/aromatic N) is 6. The van der Waals surface area contributed by atoms with Gasteiger partial charge in [0, 0.05) is 36.7 Å². The molecule has 0 radical (unpaired) electrons. The van der Waals surface area contributed by atoms with Crippen molar-refractivity contribution in [3.63, 3.8) is 0 Å². The van der Waals surface area contributed by atoms with Gasteiger partial charge in [0.25, 0.3) is 5.91 Å². The highest BCUT2D eigenvalue weighted by molar-refractivity contribution is 7.22. The van der Waals surface area contributed by atoms with Crippen LogP contribution in [-0.2, 0) is 4.79 Å². The van der Waals surface area contributed by atoms with E-state index in [1.165, 1.54) is 12.1 Å². The van der Waals surface area contributed by atoms with Crippen molar-refractivity contribution in [2.24, 2.45) is 0 Å². The van der Waals surface area contributed by atoms with Gasteiger partial charge in [-0.2, -0.15) is 9.97 Å². The fraction of sp³-hybridized carbons (Fsp3) is 0.419. The van der Waals surface area contributed by atoms with Crippen LogP contribution >= 0.6 is 22.9 Å². The third-order valence-electron chi connectivity index (χ3n) is 9.17. The summed E-state index contributed by atoms with van der Waals surface area (Å²) in [4.78, 5) is 31.9. The van der Waals surface area contributed by atoms with Gasteiger partial charge in [0.1, 0.15) is 23.8 Å². The van der Waals surface area contributed by atoms with Crippen LogP contribution in [0.3, 0.4) is 0 Å². The lowest BCUT2D eigenvalue weighted by atomic mass is 9.95. The number of rotatable bonds is 6. The van der Waals surface area contributed by atoms with Crippen molar-refractivity contribution in [1.29, 1.82) is 0 Å². The molecule has 9 nitrogen and oxygen atoms in total. The summed E-state index contributed by atoms with van der Waals surface area (Å²) >= 11 is 7.76. The van der Waals surface area contributed by atoms with Crippen molar-refractivity contribution in [3.05, 3.63) is 34.9 Å². The molecule has 0 saturated carbocycles. The molecule has 4 aromatic rings. The van der Waals surface area contributed by atoms with Gasteiger partial charge < -0.3 is 20.3 Å². The standard InChI is InChI=1S/C31H30ClF2N7O2S/c1-3-6-22(42)40-14-17(15-40)39(2)28-19-13-20(32)23(18-7-8-21(33)27-26(18)36-29(35)44-27)24(34)25(19)37-30(38-28)43-16-31-9-4-11-41(31)12-5-10-31/h7-8,13,17H,4-5,9-12,14-16H2,1-2H3,(H2,35,36). The number of anilines is 2. The van der Waals surface area contributed by atoms with Crippen molar-refractivity contribution >= 4 is 60.9 Å². The molecule has 3 fully saturated rings. The minimum atomic E-state index is -0.695. The van der Waals surface area contributed by atoms with Gasteiger partial charge in [0.2, 0.25) is 0 Å². The first-order valence-corrected chi connectivity index (χ1v) is 15.8. The van der Waals surface area contributed by atoms with Gasteiger partial charge in [-0.1, -0.05) is 28.9 Å². The van der Waals surface area contributed by atoms with Gasteiger partial charge in [-0.15, -0.1) is 0 Å². The second-order valence-electron chi connectivity index (χ2n) is 11.7. The maximum Gasteiger partial charge on any atom is 0.319 e. The van der Waals surface area contributed by atoms with Gasteiger partial charge >= 0.3 is 6.01 Å². The van der Waals surface area contributed by atoms with E-state index in [4.69, 9.17) is 27.1 Å². The Bertz CT molecular complexity index is 1870. The molecular formula is C31H30ClF2N7O2S. The molecule has 0 aliphatic carbocycles. The van der Waals surface area contributed by atoms with Crippen LogP contribution in [0.4, 0.5) is 19.7 Å². The maximum absolute atomic E-state index is 16.7. The summed E-state index contributed by atoms with van der Waals surface area (Å²) in [5, 5.41) is 0.647. The zero-order valence-corrected chi connectivity index (χ0v) is 25.9. The van der Waals surface area contributed by atoms with Crippen LogP contribution in [-0.4, -0.2) is 82.1 Å². The number of likely N-dealkylation sites (tertiary alicyclic amines) is 1. The first-order valence-electron chi connectivity index (χ1n) is 14.6. The molecule has 13 heteroatoms. The summed E-state index contributed by atoms with van der Waals surface area (Å²) in [5.41, 5.74) is 6.44. The van der Waals surface area contributed by atoms with E-state index >= 15 is 4.39 Å². The molecule has 228 valence electrons. The molecular weight excluding hydrogens is 608 g/mol. The molecule has 7 rings (SSSR count). The highest BCUT2D eigenvalue weighted by Gasteiger charge is 2.45. The predicted octanol–water partition coefficient (Wildman–Crippen LogP) is 5.10. The number of nitrogen functional groups attached to an aromatic ring is 1. The molecule has 5 heterocycles. The van der Waals surface area contributed by atoms with Crippen molar-refractivity contribution < 1.29 is 18.3 Å². The maximum atomic E-state index is 16.7. The molecule has 3 aliphatic rings. The highest BCUT2D eigenvalue weighted by atomic mass is 35.5. The lowest BCUT2D eigenvalue weighted by Gasteiger charge is -2.43. The van der Waals surface area contributed by atoms with E-state index in [0.717, 1.165) is 50.1 Å². The lowest BCUT2D eigenvalue weighted by molar-refractivity contribution is -0.129. The van der Waals surface area contributed by atoms with E-state index in [-0.39, 0.29) is 54.9 Å². The van der Waals surface area contributed by atoms with Crippen LogP contribution in [0.15, 0.2) is 18.2 Å². The minimum Gasteiger partial charge on any atom is -0.461 e. The molecule has 0 atom stereocenters. The number of hydrogen-bond acceptors (Lipinski definition) is 9. The number of ether oxygens (including phenoxy) is 1. The third-order valence-corrected chi connectivity index (χ3v) is 10.4. The van der Waals surface area contributed by atoms with E-state index < -0.39 is 11.6 Å². The lowest BCUT2D eigenvalue weighted by Crippen LogP contribution is -2.60. The molecule has 3 aliphatic heterocycles. The number of fused-ring (bicyclic) bond motifs is 3. The fourth-order valence-corrected chi connectivity index (χ4v) is 7.88. The number of benzene rings is 2. The molecule has 0 unspecified atom stereocenters. The summed E-state index contributed by atoms with van der Waals surface area (Å²) in [5.74, 6) is 4.21. The smallest absolute Gasteiger partial charge is 0.319 e. The van der Waals surface area contributed by atoms with Crippen LogP contribution in [0.5, 0.6) is 6.01 Å². The number of aromatic nitrogens is 3. The number of amides is 1. The fourth-order valence-electron chi connectivity index (χ4n) is 6.82. The largest absolute Gasteiger partial charge is 0.461 e. The van der Waals surface area contributed by atoms with Crippen LogP contribution in [0, 0.1) is 23.5 Å². The molecule has 3 saturated heterocycles. The second-order valence-corrected chi connectivity index (χ2v) is 13.1. The second kappa shape index (κ2) is 11.0. The monoisotopic (exact) mass is 637 g/mol. The Kier molecular flexibility index (Phi) is 7.22. The molecule has 44 heavy (non-hydrogen) atoms. The van der Waals surface area contributed by atoms with Crippen molar-refractivity contribution in [2.75, 3.05) is 50.5 Å². The van der Waals surface area contributed by atoms with Gasteiger partial charge in [-0.25, -0.2) is 13.8 Å². The van der Waals surface area contributed by atoms with Crippen LogP contribution in [0.25, 0.3) is 32.2 Å². The molecule has 2 aromatic heterocycles. The van der Waals surface area contributed by atoms with Crippen molar-refractivity contribution in [1.82, 2.24) is 24.8 Å². The van der Waals surface area contributed by atoms with Gasteiger partial charge in [-0.05, 0) is 69.8 Å². The molecule has 1 amide bonds. The van der Waals surface area contributed by atoms with Gasteiger partial charge in [-0.3, -0.25) is 9.69 Å². The Morgan fingerprint density at radius 3 is 2.68 bits per heavy atom. The Hall–Kier alpha value is -3.79. The zero-order chi connectivity index (χ0) is 30.7. The molecule has 2 N–H and O–H groups in total. The number of carbonyl (C=O) groups excluding carboxylic acids is 1. The van der Waals surface area contributed by atoms with E-state index in [2.05, 4.69) is 26.7 Å². The van der Waals surface area contributed by atoms with E-state index in [9.17, 15) is 9.18 Å². The summed E-state index contributed by atoms with van der Waals surface area (Å²) < 4.78 is 37.8. The van der Waals surface area contributed by atoms with Gasteiger partial charge in [0.05, 0.1) is 26.8 Å². The molecule has 0 bridgehead atoms. The highest BCUT2D eigenvalue weighted by Crippen LogP contribution is 2.43. The van der Waals surface area contributed by atoms with E-state index in [1.807, 2.05) is 11.9 Å². The Balaban J connectivity index is 1.33. The first kappa shape index (κ1) is 29.0. The average Bonchev–Trinajstić information content (AvgIpc) is 3.66. The predicted molar refractivity (Wildman–Crippen MR) is 168 cm³/mol. The summed E-state index contributed by atoms with van der Waals surface area (Å²) in [7, 11) is 1.85. The summed E-state index contributed by atoms with van der Waals surface area (Å²) in [6.45, 7) is 4.99. The zero-order valence-electron chi connectivity index (χ0n) is 24.3. The normalized spacial score (nSPS) is 17.9. The number of likely N-dealkylation sites (N-methyl/N-ethyl adjacent to an activating group) is 1. The number of hydrogen-bond donors (Lipinski definition) is 1. The van der Waals surface area contributed by atoms with Crippen LogP contribution < -0.4 is 15.4 Å². The van der Waals surface area contributed by atoms with Crippen LogP contribution in [0.2, 0.25) is 5.02 Å². The Labute approximate surface area is 262 Å². The first-order chi connectivity index (χ1) is 21.2. The average molecular weight is 638 g/mol. The number of carbonyl (C=O) groups is 1. The quantitative estimate of drug-likeness (QED) is 0.292. The number of halogens is 3. The third kappa shape index (κ3) is 4.69. The molecule has 0 spiro atoms. The Morgan fingerprint density at radius 1 is 1.20 bits per heavy atom. The molecule has 2 aromatic carbocycles. The number of nitrogens with two attached hydrogens (primary N) is 1. The summed E-state index contributed by atoms with van der Waals surface area (Å²) in [6, 6.07) is 4.30. The number of thiazole rings is 1. The SMILES string of the molecule is CC#CC(=O)N1CC(N(C)c2nc(OCC34CCCN3CCC4)nc3c(F)c(-c4ccc(F)c5sc(N)nc45)c(Cl)cc23)C1. The van der Waals surface area contributed by atoms with Crippen molar-refractivity contribution in [3.8, 4) is 29.0 Å². The van der Waals surface area contributed by atoms with Crippen LogP contribution in [0.1, 0.15) is 32.6 Å². The van der Waals surface area contributed by atoms with E-state index in [1.54, 1.807) is 17.9 Å².